The quantitative estimate of drug-likeness (QED) is 0.138. The minimum Gasteiger partial charge on any atom is -0.493 e. The van der Waals surface area contributed by atoms with Crippen molar-refractivity contribution >= 4 is 10.8 Å². The molecular weight excluding hydrogens is 464 g/mol. The van der Waals surface area contributed by atoms with Crippen LogP contribution in [0.25, 0.3) is 10.8 Å². The molecule has 0 heterocycles. The van der Waals surface area contributed by atoms with Crippen molar-refractivity contribution in [3.63, 3.8) is 0 Å². The lowest BCUT2D eigenvalue weighted by molar-refractivity contribution is 0.302. The zero-order valence-corrected chi connectivity index (χ0v) is 20.0. The van der Waals surface area contributed by atoms with Crippen molar-refractivity contribution in [2.75, 3.05) is 6.61 Å². The number of unbranched alkanes of at least 4 members (excludes halogenated alkanes) is 2. The molecule has 4 rings (SSSR count). The van der Waals surface area contributed by atoms with Gasteiger partial charge in [0.05, 0.1) is 6.61 Å². The number of halogens is 4. The van der Waals surface area contributed by atoms with Crippen LogP contribution in [0.1, 0.15) is 48.4 Å². The van der Waals surface area contributed by atoms with E-state index >= 15 is 0 Å². The van der Waals surface area contributed by atoms with Gasteiger partial charge in [0.1, 0.15) is 17.4 Å². The summed E-state index contributed by atoms with van der Waals surface area (Å²) >= 11 is 0. The van der Waals surface area contributed by atoms with Crippen LogP contribution in [0.2, 0.25) is 0 Å². The summed E-state index contributed by atoms with van der Waals surface area (Å²) in [5.74, 6) is 3.33. The second kappa shape index (κ2) is 11.8. The highest BCUT2D eigenvalue weighted by atomic mass is 19.2. The number of aryl methyl sites for hydroxylation is 1. The van der Waals surface area contributed by atoms with Gasteiger partial charge in [-0.3, -0.25) is 0 Å². The van der Waals surface area contributed by atoms with E-state index in [1.807, 2.05) is 24.3 Å². The highest BCUT2D eigenvalue weighted by molar-refractivity contribution is 5.84. The van der Waals surface area contributed by atoms with E-state index in [0.717, 1.165) is 42.5 Å². The number of hydrogen-bond acceptors (Lipinski definition) is 1. The molecule has 0 fully saturated rings. The Hall–Kier alpha value is -3.78. The van der Waals surface area contributed by atoms with Crippen molar-refractivity contribution in [2.45, 2.75) is 39.0 Å². The first kappa shape index (κ1) is 25.3. The van der Waals surface area contributed by atoms with E-state index in [-0.39, 0.29) is 17.7 Å². The van der Waals surface area contributed by atoms with Crippen molar-refractivity contribution in [2.24, 2.45) is 0 Å². The standard InChI is InChI=1S/C31H26F4O/c1-2-3-4-15-36-26-19-28(32)27(29(33)20-26)14-12-22-7-5-21(6-8-22)9-10-23-11-13-24-17-30(34)31(35)18-25(24)16-23/h5-8,11,13,16-20H,2-4,12,14-15H2,1H3. The molecule has 4 aromatic carbocycles. The Labute approximate surface area is 208 Å². The van der Waals surface area contributed by atoms with Gasteiger partial charge in [-0.05, 0) is 72.0 Å². The highest BCUT2D eigenvalue weighted by Crippen LogP contribution is 2.23. The summed E-state index contributed by atoms with van der Waals surface area (Å²) in [6.07, 6.45) is 3.62. The molecular formula is C31H26F4O. The van der Waals surface area contributed by atoms with Gasteiger partial charge in [0.2, 0.25) is 0 Å². The van der Waals surface area contributed by atoms with Gasteiger partial charge in [0.15, 0.2) is 11.6 Å². The number of fused-ring (bicyclic) bond motifs is 1. The fraction of sp³-hybridized carbons (Fsp3) is 0.226. The van der Waals surface area contributed by atoms with Crippen molar-refractivity contribution < 1.29 is 22.3 Å². The Balaban J connectivity index is 1.38. The molecule has 0 aliphatic carbocycles. The maximum atomic E-state index is 14.5. The van der Waals surface area contributed by atoms with Crippen LogP contribution in [0.3, 0.4) is 0 Å². The Morgan fingerprint density at radius 3 is 1.97 bits per heavy atom. The molecule has 0 saturated heterocycles. The van der Waals surface area contributed by atoms with E-state index in [1.54, 1.807) is 18.2 Å². The van der Waals surface area contributed by atoms with E-state index in [1.165, 1.54) is 12.1 Å². The lowest BCUT2D eigenvalue weighted by Gasteiger charge is -2.10. The van der Waals surface area contributed by atoms with Gasteiger partial charge in [0, 0.05) is 28.8 Å². The summed E-state index contributed by atoms with van der Waals surface area (Å²) in [4.78, 5) is 0. The maximum absolute atomic E-state index is 14.5. The van der Waals surface area contributed by atoms with E-state index in [4.69, 9.17) is 4.74 Å². The van der Waals surface area contributed by atoms with Crippen molar-refractivity contribution in [3.05, 3.63) is 112 Å². The SMILES string of the molecule is CCCCCOc1cc(F)c(CCc2ccc(C#Cc3ccc4cc(F)c(F)cc4c3)cc2)c(F)c1. The van der Waals surface area contributed by atoms with Gasteiger partial charge in [-0.1, -0.05) is 49.8 Å². The molecule has 0 aromatic heterocycles. The average molecular weight is 491 g/mol. The normalized spacial score (nSPS) is 10.8. The van der Waals surface area contributed by atoms with Gasteiger partial charge in [-0.2, -0.15) is 0 Å². The third kappa shape index (κ3) is 6.46. The molecule has 0 amide bonds. The lowest BCUT2D eigenvalue weighted by atomic mass is 10.0. The predicted octanol–water partition coefficient (Wildman–Crippen LogP) is 8.15. The van der Waals surface area contributed by atoms with Crippen molar-refractivity contribution in [3.8, 4) is 17.6 Å². The van der Waals surface area contributed by atoms with Crippen LogP contribution in [0.5, 0.6) is 5.75 Å². The Bertz CT molecular complexity index is 1390. The first-order chi connectivity index (χ1) is 17.4. The van der Waals surface area contributed by atoms with Crippen LogP contribution in [-0.4, -0.2) is 6.61 Å². The molecule has 5 heteroatoms. The predicted molar refractivity (Wildman–Crippen MR) is 135 cm³/mol. The fourth-order valence-electron chi connectivity index (χ4n) is 3.93. The molecule has 0 N–H and O–H groups in total. The molecule has 1 nitrogen and oxygen atoms in total. The van der Waals surface area contributed by atoms with Gasteiger partial charge in [0.25, 0.3) is 0 Å². The Morgan fingerprint density at radius 1 is 0.639 bits per heavy atom. The summed E-state index contributed by atoms with van der Waals surface area (Å²) in [5.41, 5.74) is 2.43. The maximum Gasteiger partial charge on any atom is 0.159 e. The summed E-state index contributed by atoms with van der Waals surface area (Å²) in [7, 11) is 0. The molecule has 0 saturated carbocycles. The molecule has 0 bridgehead atoms. The molecule has 0 spiro atoms. The van der Waals surface area contributed by atoms with Gasteiger partial charge in [-0.15, -0.1) is 0 Å². The zero-order valence-electron chi connectivity index (χ0n) is 20.0. The van der Waals surface area contributed by atoms with Crippen LogP contribution in [0, 0.1) is 35.1 Å². The smallest absolute Gasteiger partial charge is 0.159 e. The van der Waals surface area contributed by atoms with E-state index in [0.29, 0.717) is 29.4 Å². The second-order valence-electron chi connectivity index (χ2n) is 8.70. The number of hydrogen-bond donors (Lipinski definition) is 0. The van der Waals surface area contributed by atoms with E-state index in [2.05, 4.69) is 18.8 Å². The molecule has 36 heavy (non-hydrogen) atoms. The van der Waals surface area contributed by atoms with Gasteiger partial charge in [-0.25, -0.2) is 17.6 Å². The van der Waals surface area contributed by atoms with E-state index in [9.17, 15) is 17.6 Å². The molecule has 0 atom stereocenters. The Kier molecular flexibility index (Phi) is 8.28. The lowest BCUT2D eigenvalue weighted by Crippen LogP contribution is -2.02. The summed E-state index contributed by atoms with van der Waals surface area (Å²) in [6, 6.07) is 17.4. The van der Waals surface area contributed by atoms with Crippen LogP contribution < -0.4 is 4.74 Å². The largest absolute Gasteiger partial charge is 0.493 e. The first-order valence-corrected chi connectivity index (χ1v) is 12.0. The average Bonchev–Trinajstić information content (AvgIpc) is 2.86. The summed E-state index contributed by atoms with van der Waals surface area (Å²) in [5, 5.41) is 1.18. The second-order valence-corrected chi connectivity index (χ2v) is 8.70. The van der Waals surface area contributed by atoms with Gasteiger partial charge < -0.3 is 4.74 Å². The Morgan fingerprint density at radius 2 is 1.28 bits per heavy atom. The molecule has 184 valence electrons. The number of benzene rings is 4. The third-order valence-electron chi connectivity index (χ3n) is 5.98. The summed E-state index contributed by atoms with van der Waals surface area (Å²) in [6.45, 7) is 2.52. The van der Waals surface area contributed by atoms with Crippen molar-refractivity contribution in [1.29, 1.82) is 0 Å². The summed E-state index contributed by atoms with van der Waals surface area (Å²) < 4.78 is 61.3. The van der Waals surface area contributed by atoms with Crippen LogP contribution in [0.4, 0.5) is 17.6 Å². The third-order valence-corrected chi connectivity index (χ3v) is 5.98. The minimum absolute atomic E-state index is 0.0485. The fourth-order valence-corrected chi connectivity index (χ4v) is 3.93. The first-order valence-electron chi connectivity index (χ1n) is 12.0. The number of rotatable bonds is 8. The van der Waals surface area contributed by atoms with Crippen LogP contribution in [0.15, 0.2) is 66.7 Å². The molecule has 0 aliphatic rings. The monoisotopic (exact) mass is 490 g/mol. The van der Waals surface area contributed by atoms with Crippen LogP contribution in [-0.2, 0) is 12.8 Å². The molecule has 0 radical (unpaired) electrons. The molecule has 0 aliphatic heterocycles. The molecule has 0 unspecified atom stereocenters. The minimum atomic E-state index is -0.894. The topological polar surface area (TPSA) is 9.23 Å². The van der Waals surface area contributed by atoms with Gasteiger partial charge >= 0.3 is 0 Å². The van der Waals surface area contributed by atoms with Crippen molar-refractivity contribution in [1.82, 2.24) is 0 Å². The molecule has 4 aromatic rings. The zero-order chi connectivity index (χ0) is 25.5. The van der Waals surface area contributed by atoms with E-state index < -0.39 is 23.3 Å². The highest BCUT2D eigenvalue weighted by Gasteiger charge is 2.12. The number of ether oxygens (including phenoxy) is 1. The van der Waals surface area contributed by atoms with Crippen LogP contribution >= 0.6 is 0 Å².